The maximum atomic E-state index is 12.6. The van der Waals surface area contributed by atoms with Crippen molar-refractivity contribution in [1.82, 2.24) is 0 Å². The van der Waals surface area contributed by atoms with Gasteiger partial charge in [0.25, 0.3) is 0 Å². The number of aryl methyl sites for hydroxylation is 1. The summed E-state index contributed by atoms with van der Waals surface area (Å²) in [6, 6.07) is 15.6. The lowest BCUT2D eigenvalue weighted by Crippen LogP contribution is -2.21. The molecule has 0 aliphatic heterocycles. The molecule has 1 unspecified atom stereocenters. The maximum absolute atomic E-state index is 12.6. The number of Topliss-reactive ketones (excluding diaryl/α,β-unsaturated/α-hetero) is 1. The fraction of sp³-hybridized carbons (Fsp3) is 0.235. The molecule has 2 nitrogen and oxygen atoms in total. The first-order chi connectivity index (χ1) is 9.29. The molecular formula is C17H16O2. The highest BCUT2D eigenvalue weighted by atomic mass is 16.3. The van der Waals surface area contributed by atoms with Gasteiger partial charge in [-0.05, 0) is 29.5 Å². The van der Waals surface area contributed by atoms with Crippen LogP contribution in [0.25, 0.3) is 0 Å². The Labute approximate surface area is 112 Å². The second kappa shape index (κ2) is 4.98. The van der Waals surface area contributed by atoms with Crippen molar-refractivity contribution in [3.05, 3.63) is 70.8 Å². The number of carbonyl (C=O) groups is 1. The van der Waals surface area contributed by atoms with Gasteiger partial charge in [0.1, 0.15) is 0 Å². The number of carbonyl (C=O) groups excluding carboxylic acids is 1. The molecular weight excluding hydrogens is 236 g/mol. The summed E-state index contributed by atoms with van der Waals surface area (Å²) in [7, 11) is 0. The fourth-order valence-electron chi connectivity index (χ4n) is 2.81. The normalized spacial score (nSPS) is 18.2. The minimum atomic E-state index is -0.0197. The zero-order valence-electron chi connectivity index (χ0n) is 10.7. The lowest BCUT2D eigenvalue weighted by atomic mass is 9.79. The van der Waals surface area contributed by atoms with Gasteiger partial charge in [-0.25, -0.2) is 0 Å². The Morgan fingerprint density at radius 2 is 1.89 bits per heavy atom. The highest BCUT2D eigenvalue weighted by Gasteiger charge is 2.28. The Kier molecular flexibility index (Phi) is 3.18. The van der Waals surface area contributed by atoms with Crippen LogP contribution < -0.4 is 0 Å². The van der Waals surface area contributed by atoms with E-state index in [1.54, 1.807) is 0 Å². The lowest BCUT2D eigenvalue weighted by molar-refractivity contribution is 0.0946. The van der Waals surface area contributed by atoms with E-state index in [0.29, 0.717) is 0 Å². The minimum absolute atomic E-state index is 0.0197. The monoisotopic (exact) mass is 252 g/mol. The van der Waals surface area contributed by atoms with Gasteiger partial charge in [-0.15, -0.1) is 0 Å². The number of hydrogen-bond acceptors (Lipinski definition) is 2. The van der Waals surface area contributed by atoms with Crippen molar-refractivity contribution in [2.45, 2.75) is 25.4 Å². The van der Waals surface area contributed by atoms with E-state index in [4.69, 9.17) is 5.11 Å². The van der Waals surface area contributed by atoms with E-state index in [9.17, 15) is 4.79 Å². The molecule has 1 atom stereocenters. The number of aliphatic hydroxyl groups is 1. The molecule has 2 aromatic carbocycles. The highest BCUT2D eigenvalue weighted by Crippen LogP contribution is 2.32. The number of aliphatic hydroxyl groups excluding tert-OH is 1. The van der Waals surface area contributed by atoms with E-state index in [1.807, 2.05) is 48.5 Å². The molecule has 19 heavy (non-hydrogen) atoms. The van der Waals surface area contributed by atoms with Gasteiger partial charge in [0, 0.05) is 11.5 Å². The van der Waals surface area contributed by atoms with E-state index < -0.39 is 0 Å². The first-order valence-electron chi connectivity index (χ1n) is 6.61. The zero-order valence-corrected chi connectivity index (χ0v) is 10.7. The lowest BCUT2D eigenvalue weighted by Gasteiger charge is -2.24. The molecule has 0 spiro atoms. The summed E-state index contributed by atoms with van der Waals surface area (Å²) in [4.78, 5) is 12.6. The first-order valence-corrected chi connectivity index (χ1v) is 6.61. The summed E-state index contributed by atoms with van der Waals surface area (Å²) in [5.41, 5.74) is 3.87. The molecule has 0 fully saturated rings. The summed E-state index contributed by atoms with van der Waals surface area (Å²) in [5.74, 6) is 0.186. The zero-order chi connectivity index (χ0) is 13.2. The van der Waals surface area contributed by atoms with Crippen LogP contribution in [0.3, 0.4) is 0 Å². The van der Waals surface area contributed by atoms with Crippen LogP contribution in [0, 0.1) is 0 Å². The van der Waals surface area contributed by atoms with Gasteiger partial charge in [-0.2, -0.15) is 0 Å². The SMILES string of the molecule is O=C1c2ccc(CO)cc2CCC1c1ccccc1. The van der Waals surface area contributed by atoms with Crippen molar-refractivity contribution < 1.29 is 9.90 Å². The van der Waals surface area contributed by atoms with Crippen LogP contribution in [0.4, 0.5) is 0 Å². The molecule has 1 aliphatic carbocycles. The van der Waals surface area contributed by atoms with Crippen LogP contribution >= 0.6 is 0 Å². The predicted octanol–water partition coefficient (Wildman–Crippen LogP) is 3.09. The number of rotatable bonds is 2. The van der Waals surface area contributed by atoms with E-state index in [0.717, 1.165) is 35.1 Å². The largest absolute Gasteiger partial charge is 0.392 e. The molecule has 0 bridgehead atoms. The fourth-order valence-corrected chi connectivity index (χ4v) is 2.81. The Hall–Kier alpha value is -1.93. The Morgan fingerprint density at radius 1 is 1.11 bits per heavy atom. The van der Waals surface area contributed by atoms with Gasteiger partial charge in [0.15, 0.2) is 5.78 Å². The van der Waals surface area contributed by atoms with E-state index >= 15 is 0 Å². The molecule has 0 saturated heterocycles. The highest BCUT2D eigenvalue weighted by molar-refractivity contribution is 6.03. The van der Waals surface area contributed by atoms with Crippen LogP contribution in [0.15, 0.2) is 48.5 Å². The summed E-state index contributed by atoms with van der Waals surface area (Å²) in [6.07, 6.45) is 1.75. The average Bonchev–Trinajstić information content (AvgIpc) is 2.48. The third kappa shape index (κ3) is 2.20. The molecule has 2 heteroatoms. The quantitative estimate of drug-likeness (QED) is 0.891. The number of hydrogen-bond donors (Lipinski definition) is 1. The average molecular weight is 252 g/mol. The Bertz CT molecular complexity index is 602. The van der Waals surface area contributed by atoms with Crippen LogP contribution in [-0.4, -0.2) is 10.9 Å². The Balaban J connectivity index is 1.97. The van der Waals surface area contributed by atoms with Crippen molar-refractivity contribution in [1.29, 1.82) is 0 Å². The smallest absolute Gasteiger partial charge is 0.170 e. The van der Waals surface area contributed by atoms with Crippen molar-refractivity contribution in [2.24, 2.45) is 0 Å². The minimum Gasteiger partial charge on any atom is -0.392 e. The van der Waals surface area contributed by atoms with Gasteiger partial charge in [0.2, 0.25) is 0 Å². The van der Waals surface area contributed by atoms with E-state index in [2.05, 4.69) is 0 Å². The number of benzene rings is 2. The molecule has 2 aromatic rings. The van der Waals surface area contributed by atoms with Gasteiger partial charge >= 0.3 is 0 Å². The van der Waals surface area contributed by atoms with Crippen LogP contribution in [0.1, 0.15) is 39.4 Å². The number of fused-ring (bicyclic) bond motifs is 1. The topological polar surface area (TPSA) is 37.3 Å². The molecule has 0 heterocycles. The number of ketones is 1. The van der Waals surface area contributed by atoms with Crippen molar-refractivity contribution in [2.75, 3.05) is 0 Å². The van der Waals surface area contributed by atoms with E-state index in [-0.39, 0.29) is 18.3 Å². The molecule has 0 saturated carbocycles. The van der Waals surface area contributed by atoms with Crippen molar-refractivity contribution in [3.63, 3.8) is 0 Å². The molecule has 1 aliphatic rings. The molecule has 0 aromatic heterocycles. The molecule has 1 N–H and O–H groups in total. The second-order valence-corrected chi connectivity index (χ2v) is 5.02. The third-order valence-electron chi connectivity index (χ3n) is 3.84. The maximum Gasteiger partial charge on any atom is 0.170 e. The molecule has 3 rings (SSSR count). The molecule has 0 amide bonds. The summed E-state index contributed by atoms with van der Waals surface area (Å²) >= 11 is 0. The third-order valence-corrected chi connectivity index (χ3v) is 3.84. The first kappa shape index (κ1) is 12.1. The molecule has 96 valence electrons. The second-order valence-electron chi connectivity index (χ2n) is 5.02. The van der Waals surface area contributed by atoms with Crippen molar-refractivity contribution in [3.8, 4) is 0 Å². The summed E-state index contributed by atoms with van der Waals surface area (Å²) in [5, 5.41) is 9.15. The van der Waals surface area contributed by atoms with Crippen LogP contribution in [0.2, 0.25) is 0 Å². The van der Waals surface area contributed by atoms with E-state index in [1.165, 1.54) is 0 Å². The van der Waals surface area contributed by atoms with Gasteiger partial charge in [0.05, 0.1) is 6.61 Å². The standard InChI is InChI=1S/C17H16O2/c18-11-12-6-8-16-14(10-12)7-9-15(17(16)19)13-4-2-1-3-5-13/h1-6,8,10,15,18H,7,9,11H2. The van der Waals surface area contributed by atoms with Crippen molar-refractivity contribution >= 4 is 5.78 Å². The summed E-state index contributed by atoms with van der Waals surface area (Å²) < 4.78 is 0. The molecule has 0 radical (unpaired) electrons. The van der Waals surface area contributed by atoms with Gasteiger partial charge in [-0.3, -0.25) is 4.79 Å². The van der Waals surface area contributed by atoms with Gasteiger partial charge < -0.3 is 5.11 Å². The van der Waals surface area contributed by atoms with Gasteiger partial charge in [-0.1, -0.05) is 48.5 Å². The van der Waals surface area contributed by atoms with Crippen LogP contribution in [0.5, 0.6) is 0 Å². The predicted molar refractivity (Wildman–Crippen MR) is 74.2 cm³/mol. The Morgan fingerprint density at radius 3 is 2.63 bits per heavy atom. The van der Waals surface area contributed by atoms with Crippen LogP contribution in [-0.2, 0) is 13.0 Å². The summed E-state index contributed by atoms with van der Waals surface area (Å²) in [6.45, 7) is 0.0313.